The fraction of sp³-hybridized carbons (Fsp3) is 0.179. The number of fused-ring (bicyclic) bond motifs is 5. The molecule has 10 rings (SSSR count). The van der Waals surface area contributed by atoms with Gasteiger partial charge in [-0.2, -0.15) is 5.26 Å². The van der Waals surface area contributed by atoms with Crippen LogP contribution >= 0.6 is 0 Å². The summed E-state index contributed by atoms with van der Waals surface area (Å²) < 4.78 is 163. The Hall–Kier alpha value is -6.51. The molecule has 6 heteroatoms. The van der Waals surface area contributed by atoms with Crippen LogP contribution in [0.25, 0.3) is 55.7 Å². The van der Waals surface area contributed by atoms with Crippen LogP contribution in [0.2, 0.25) is 0 Å². The summed E-state index contributed by atoms with van der Waals surface area (Å²) in [4.78, 5) is 13.2. The molecule has 0 radical (unpaired) electrons. The molecule has 62 heavy (non-hydrogen) atoms. The number of pyridine rings is 3. The number of aryl methyl sites for hydroxylation is 7. The van der Waals surface area contributed by atoms with Crippen molar-refractivity contribution in [3.05, 3.63) is 208 Å². The summed E-state index contributed by atoms with van der Waals surface area (Å²) >= 11 is 0. The number of aromatic nitrogens is 3. The van der Waals surface area contributed by atoms with Crippen LogP contribution in [-0.4, -0.2) is 15.0 Å². The van der Waals surface area contributed by atoms with Gasteiger partial charge in [0.15, 0.2) is 0 Å². The summed E-state index contributed by atoms with van der Waals surface area (Å²) in [6.07, 6.45) is -19.9. The number of hydrogen-bond acceptors (Lipinski definition) is 5. The summed E-state index contributed by atoms with van der Waals surface area (Å²) in [5, 5.41) is 10.5. The quantitative estimate of drug-likeness (QED) is 0.114. The van der Waals surface area contributed by atoms with E-state index in [4.69, 9.17) is 11.3 Å². The van der Waals surface area contributed by atoms with E-state index < -0.39 is 73.7 Å². The monoisotopic (exact) mass is 997 g/mol. The Labute approximate surface area is 400 Å². The minimum Gasteiger partial charge on any atom is -0.501 e. The molecule has 0 atom stereocenters. The van der Waals surface area contributed by atoms with Gasteiger partial charge in [-0.15, -0.1) is 90.0 Å². The molecule has 4 heterocycles. The zero-order chi connectivity index (χ0) is 56.2. The molecular formula is C56H43IrN4O. The van der Waals surface area contributed by atoms with Gasteiger partial charge in [0.1, 0.15) is 5.58 Å². The predicted octanol–water partition coefficient (Wildman–Crippen LogP) is 12.3. The normalized spacial score (nSPS) is 19.2. The number of nitriles is 1. The van der Waals surface area contributed by atoms with E-state index in [1.807, 2.05) is 6.07 Å². The minimum atomic E-state index is -3.23. The molecule has 0 spiro atoms. The number of benzene rings is 5. The standard InChI is InChI=1S/C56H43N4O.Ir/c57-34-46-33-54-55(48-15-8-7-14-47(46)48)50-17-9-16-49(56(50)61-54)53-29-26-40(37-60-53)20-23-43-31-41(21-18-38-24-27-51(58-35-38)44-10-3-1-4-11-44)30-42(32-43)22-19-39-25-28-52(59-36-39)45-12-5-2-6-13-45;/h1-6,9-10,12,17,24-33,35-37H,7-8,14-15,18-23H2;/q-3;+3/i14D2,15D2,18D2,19D2,20D2,21D2,22D2,23D2,33D;. The van der Waals surface area contributed by atoms with Gasteiger partial charge in [-0.05, 0) is 131 Å². The summed E-state index contributed by atoms with van der Waals surface area (Å²) in [6.45, 7) is 0. The zero-order valence-corrected chi connectivity index (χ0v) is 35.0. The SMILES string of the molecule is [2H]c1c(C#N)c2c(c3c1oc1c(-c4ccc(C([2H])([2H])C([2H])([2H])c5cc(C([2H])([2H])C([2H])([2H])c6ccc(-c7[c-]cccc7)nc6)cc(C([2H])([2H])C([2H])([2H])c6ccc(-c7[c-]cccc7)nc6)c5)cn4)[c-]ccc13)C([2H])([2H])CCC2([2H])[2H].[Ir+3]. The maximum Gasteiger partial charge on any atom is 3.00 e. The van der Waals surface area contributed by atoms with Crippen molar-refractivity contribution in [1.29, 1.82) is 5.26 Å². The van der Waals surface area contributed by atoms with E-state index >= 15 is 0 Å². The molecule has 302 valence electrons. The van der Waals surface area contributed by atoms with Gasteiger partial charge >= 0.3 is 20.1 Å². The van der Waals surface area contributed by atoms with Crippen molar-refractivity contribution in [2.45, 2.75) is 63.8 Å². The van der Waals surface area contributed by atoms with Gasteiger partial charge in [0.2, 0.25) is 0 Å². The third-order valence-electron chi connectivity index (χ3n) is 9.98. The molecule has 0 bridgehead atoms. The van der Waals surface area contributed by atoms with Crippen LogP contribution in [-0.2, 0) is 71.1 Å². The molecule has 0 saturated carbocycles. The van der Waals surface area contributed by atoms with Crippen molar-refractivity contribution in [1.82, 2.24) is 15.0 Å². The van der Waals surface area contributed by atoms with E-state index in [1.165, 1.54) is 42.5 Å². The second kappa shape index (κ2) is 18.6. The van der Waals surface area contributed by atoms with Crippen molar-refractivity contribution >= 4 is 21.9 Å². The van der Waals surface area contributed by atoms with Crippen LogP contribution in [0.4, 0.5) is 0 Å². The van der Waals surface area contributed by atoms with Gasteiger partial charge in [0.25, 0.3) is 0 Å². The second-order valence-electron chi connectivity index (χ2n) is 14.0. The number of nitrogens with zero attached hydrogens (tertiary/aromatic N) is 4. The fourth-order valence-corrected chi connectivity index (χ4v) is 7.08. The van der Waals surface area contributed by atoms with Gasteiger partial charge in [-0.1, -0.05) is 65.5 Å². The van der Waals surface area contributed by atoms with Crippen LogP contribution in [0.1, 0.15) is 86.2 Å². The molecule has 1 aliphatic carbocycles. The maximum absolute atomic E-state index is 10.1. The van der Waals surface area contributed by atoms with Gasteiger partial charge in [0, 0.05) is 45.9 Å². The molecule has 0 amide bonds. The van der Waals surface area contributed by atoms with Crippen LogP contribution in [0.15, 0.2) is 144 Å². The van der Waals surface area contributed by atoms with Crippen LogP contribution in [0.5, 0.6) is 0 Å². The average Bonchev–Trinajstić information content (AvgIpc) is 4.10. The third kappa shape index (κ3) is 8.79. The topological polar surface area (TPSA) is 75.6 Å². The minimum absolute atomic E-state index is 0. The van der Waals surface area contributed by atoms with Crippen LogP contribution in [0, 0.1) is 29.5 Å². The van der Waals surface area contributed by atoms with Crippen LogP contribution in [0.3, 0.4) is 0 Å². The molecule has 9 aromatic rings. The van der Waals surface area contributed by atoms with Crippen molar-refractivity contribution in [2.24, 2.45) is 0 Å². The zero-order valence-electron chi connectivity index (χ0n) is 49.6. The average molecular weight is 997 g/mol. The largest absolute Gasteiger partial charge is 3.00 e. The fourth-order valence-electron chi connectivity index (χ4n) is 7.08. The Morgan fingerprint density at radius 3 is 1.61 bits per heavy atom. The first-order chi connectivity index (χ1) is 36.6. The molecule has 4 aromatic heterocycles. The summed E-state index contributed by atoms with van der Waals surface area (Å²) in [5.41, 5.74) is -1.31. The molecule has 5 nitrogen and oxygen atoms in total. The van der Waals surface area contributed by atoms with Crippen molar-refractivity contribution < 1.29 is 47.8 Å². The van der Waals surface area contributed by atoms with E-state index in [9.17, 15) is 21.7 Å². The Balaban J connectivity index is 0.00000757. The number of furan rings is 1. The van der Waals surface area contributed by atoms with Crippen LogP contribution < -0.4 is 0 Å². The molecule has 0 N–H and O–H groups in total. The summed E-state index contributed by atoms with van der Waals surface area (Å²) in [7, 11) is 0. The molecule has 5 aromatic carbocycles. The maximum atomic E-state index is 10.1. The van der Waals surface area contributed by atoms with Gasteiger partial charge < -0.3 is 19.4 Å². The first kappa shape index (κ1) is 25.4. The van der Waals surface area contributed by atoms with Gasteiger partial charge in [-0.3, -0.25) is 0 Å². The van der Waals surface area contributed by atoms with E-state index in [2.05, 4.69) is 33.2 Å². The molecule has 0 fully saturated rings. The Morgan fingerprint density at radius 1 is 0.613 bits per heavy atom. The molecule has 0 saturated heterocycles. The first-order valence-corrected chi connectivity index (χ1v) is 19.4. The molecule has 1 aliphatic rings. The van der Waals surface area contributed by atoms with Crippen molar-refractivity contribution in [2.75, 3.05) is 0 Å². The third-order valence-corrected chi connectivity index (χ3v) is 9.98. The summed E-state index contributed by atoms with van der Waals surface area (Å²) in [5.74, 6) is 0. The molecular weight excluding hydrogens is 937 g/mol. The number of hydrogen-bond donors (Lipinski definition) is 0. The smallest absolute Gasteiger partial charge is 0.501 e. The van der Waals surface area contributed by atoms with E-state index in [0.29, 0.717) is 22.5 Å². The van der Waals surface area contributed by atoms with Gasteiger partial charge in [-0.25, -0.2) is 0 Å². The second-order valence-corrected chi connectivity index (χ2v) is 14.0. The molecule has 0 unspecified atom stereocenters. The van der Waals surface area contributed by atoms with Crippen molar-refractivity contribution in [3.8, 4) is 39.8 Å². The Kier molecular flexibility index (Phi) is 7.64. The Bertz CT molecular complexity index is 3710. The van der Waals surface area contributed by atoms with E-state index in [0.717, 1.165) is 36.8 Å². The van der Waals surface area contributed by atoms with Crippen molar-refractivity contribution in [3.63, 3.8) is 0 Å². The first-order valence-electron chi connectivity index (χ1n) is 27.9. The number of rotatable bonds is 12. The molecule has 0 aliphatic heterocycles. The predicted molar refractivity (Wildman–Crippen MR) is 243 cm³/mol. The van der Waals surface area contributed by atoms with E-state index in [1.54, 1.807) is 54.6 Å². The Morgan fingerprint density at radius 2 is 1.13 bits per heavy atom. The van der Waals surface area contributed by atoms with E-state index in [-0.39, 0.29) is 99.5 Å². The van der Waals surface area contributed by atoms with Gasteiger partial charge in [0.05, 0.1) is 18.6 Å². The summed E-state index contributed by atoms with van der Waals surface area (Å²) in [6, 6.07) is 38.3.